The van der Waals surface area contributed by atoms with E-state index in [1.165, 1.54) is 24.8 Å². The Kier molecular flexibility index (Phi) is 63.1. The molecule has 2 aromatic carbocycles. The Morgan fingerprint density at radius 2 is 0.879 bits per heavy atom. The Morgan fingerprint density at radius 1 is 0.545 bits per heavy atom. The molecule has 0 fully saturated rings. The van der Waals surface area contributed by atoms with E-state index in [4.69, 9.17) is 4.74 Å². The maximum Gasteiger partial charge on any atom is 0.122 e. The maximum atomic E-state index is 5.30. The lowest BCUT2D eigenvalue weighted by molar-refractivity contribution is 0.357. The zero-order valence-electron chi connectivity index (χ0n) is 20.8. The van der Waals surface area contributed by atoms with E-state index in [1.54, 1.807) is 11.1 Å². The number of ether oxygens (including phenoxy) is 1. The van der Waals surface area contributed by atoms with Gasteiger partial charge in [-0.05, 0) is 42.0 Å². The highest BCUT2D eigenvalue weighted by atomic mass is 16.5. The fourth-order valence-electron chi connectivity index (χ4n) is 2.64. The molecular weight excluding hydrogens is 400 g/mol. The molecule has 33 heavy (non-hydrogen) atoms. The van der Waals surface area contributed by atoms with Gasteiger partial charge in [0.05, 0.1) is 6.61 Å². The van der Waals surface area contributed by atoms with Crippen molar-refractivity contribution in [3.8, 4) is 5.75 Å². The first-order valence-electron chi connectivity index (χ1n) is 11.2. The second kappa shape index (κ2) is 43.4. The summed E-state index contributed by atoms with van der Waals surface area (Å²) < 4.78 is 5.30. The van der Waals surface area contributed by atoms with Gasteiger partial charge in [-0.15, -0.1) is 39.5 Å². The van der Waals surface area contributed by atoms with Crippen LogP contribution in [-0.2, 0) is 19.3 Å². The molecule has 1 aliphatic carbocycles. The quantitative estimate of drug-likeness (QED) is 0.353. The molecule has 0 amide bonds. The molecule has 0 aromatic heterocycles. The first-order valence-corrected chi connectivity index (χ1v) is 11.2. The molecule has 2 aromatic rings. The van der Waals surface area contributed by atoms with Crippen molar-refractivity contribution < 1.29 is 6.16 Å². The van der Waals surface area contributed by atoms with E-state index in [9.17, 15) is 0 Å². The predicted octanol–water partition coefficient (Wildman–Crippen LogP) is 11.4. The predicted molar refractivity (Wildman–Crippen MR) is 164 cm³/mol. The first-order chi connectivity index (χ1) is 14.9. The topological polar surface area (TPSA) is 9.23 Å². The molecule has 2 aliphatic rings. The second-order valence-corrected chi connectivity index (χ2v) is 4.83. The Hall–Kier alpha value is -2.54. The van der Waals surface area contributed by atoms with Crippen molar-refractivity contribution in [1.82, 2.24) is 0 Å². The molecule has 1 heteroatoms. The van der Waals surface area contributed by atoms with E-state index in [0.717, 1.165) is 18.8 Å². The van der Waals surface area contributed by atoms with Crippen LogP contribution in [0.3, 0.4) is 0 Å². The molecule has 196 valence electrons. The Bertz CT molecular complexity index is 480. The molecule has 4 rings (SSSR count). The molecule has 0 saturated heterocycles. The molecule has 0 bridgehead atoms. The zero-order chi connectivity index (χ0) is 24.2. The van der Waals surface area contributed by atoms with E-state index >= 15 is 0 Å². The number of benzene rings is 2. The SMILES string of the molecule is C.C.C.C=C.C=C.C=C.CC.CC.CC.[2HH].c1ccc2c(c1)CCC2.c1ccc2c(c1)CCO2. The van der Waals surface area contributed by atoms with Gasteiger partial charge in [0.25, 0.3) is 0 Å². The third-order valence-electron chi connectivity index (χ3n) is 3.61. The summed E-state index contributed by atoms with van der Waals surface area (Å²) >= 11 is 0. The van der Waals surface area contributed by atoms with Crippen molar-refractivity contribution in [3.05, 3.63) is 105 Å². The summed E-state index contributed by atoms with van der Waals surface area (Å²) in [5.74, 6) is 1.07. The summed E-state index contributed by atoms with van der Waals surface area (Å²) in [6, 6.07) is 16.9. The van der Waals surface area contributed by atoms with Crippen LogP contribution in [0.5, 0.6) is 5.75 Å². The van der Waals surface area contributed by atoms with Crippen LogP contribution in [-0.4, -0.2) is 6.61 Å². The summed E-state index contributed by atoms with van der Waals surface area (Å²) in [5.41, 5.74) is 4.48. The summed E-state index contributed by atoms with van der Waals surface area (Å²) in [7, 11) is 0. The summed E-state index contributed by atoms with van der Waals surface area (Å²) in [4.78, 5) is 0. The van der Waals surface area contributed by atoms with Gasteiger partial charge in [0.2, 0.25) is 0 Å². The number of hydrogen-bond acceptors (Lipinski definition) is 1. The number of para-hydroxylation sites is 1. The van der Waals surface area contributed by atoms with Crippen LogP contribution < -0.4 is 4.74 Å². The van der Waals surface area contributed by atoms with Gasteiger partial charge in [-0.25, -0.2) is 0 Å². The van der Waals surface area contributed by atoms with Crippen molar-refractivity contribution >= 4 is 0 Å². The van der Waals surface area contributed by atoms with E-state index < -0.39 is 0 Å². The van der Waals surface area contributed by atoms with Crippen molar-refractivity contribution in [2.45, 2.75) is 89.5 Å². The van der Waals surface area contributed by atoms with Gasteiger partial charge in [-0.2, -0.15) is 0 Å². The lowest BCUT2D eigenvalue weighted by Gasteiger charge is -1.93. The second-order valence-electron chi connectivity index (χ2n) is 4.83. The van der Waals surface area contributed by atoms with E-state index in [-0.39, 0.29) is 23.7 Å². The van der Waals surface area contributed by atoms with Gasteiger partial charge in [-0.1, -0.05) is 106 Å². The van der Waals surface area contributed by atoms with Crippen LogP contribution in [0, 0.1) is 0 Å². The van der Waals surface area contributed by atoms with Crippen LogP contribution in [0.15, 0.2) is 88.0 Å². The van der Waals surface area contributed by atoms with Crippen LogP contribution >= 0.6 is 0 Å². The highest BCUT2D eigenvalue weighted by molar-refractivity contribution is 5.35. The number of fused-ring (bicyclic) bond motifs is 2. The highest BCUT2D eigenvalue weighted by Crippen LogP contribution is 2.23. The highest BCUT2D eigenvalue weighted by Gasteiger charge is 2.08. The normalized spacial score (nSPS) is 9.15. The van der Waals surface area contributed by atoms with Crippen LogP contribution in [0.25, 0.3) is 0 Å². The minimum atomic E-state index is 0. The largest absolute Gasteiger partial charge is 0.493 e. The van der Waals surface area contributed by atoms with Crippen molar-refractivity contribution in [2.24, 2.45) is 0 Å². The molecule has 0 atom stereocenters. The number of hydrogen-bond donors (Lipinski definition) is 0. The van der Waals surface area contributed by atoms with Crippen molar-refractivity contribution in [3.63, 3.8) is 0 Å². The zero-order valence-corrected chi connectivity index (χ0v) is 20.8. The minimum Gasteiger partial charge on any atom is -0.493 e. The summed E-state index contributed by atoms with van der Waals surface area (Å²) in [6.07, 6.45) is 5.04. The smallest absolute Gasteiger partial charge is 0.122 e. The molecule has 0 unspecified atom stereocenters. The fraction of sp³-hybridized carbons (Fsp3) is 0.438. The van der Waals surface area contributed by atoms with Gasteiger partial charge in [-0.3, -0.25) is 0 Å². The van der Waals surface area contributed by atoms with Crippen LogP contribution in [0.4, 0.5) is 0 Å². The van der Waals surface area contributed by atoms with Crippen molar-refractivity contribution in [2.75, 3.05) is 6.61 Å². The standard InChI is InChI=1S/C9H10.C8H8O.3C2H6.3C2H4.3CH4.H2/c1-2-5-9-7-3-6-8(9)4-1;1-2-4-8-7(3-1)5-6-9-8;6*1-2;;;;/h1-2,4-5H,3,6-7H2;1-4H,5-6H2;3*1-2H3;3*1-2H2;3*1H4;1H/i;;;;;;;;;;;1+1. The Morgan fingerprint density at radius 3 is 1.24 bits per heavy atom. The third-order valence-corrected chi connectivity index (χ3v) is 3.61. The molecule has 1 aliphatic heterocycles. The number of rotatable bonds is 0. The lowest BCUT2D eigenvalue weighted by Crippen LogP contribution is -1.85. The van der Waals surface area contributed by atoms with Crippen LogP contribution in [0.2, 0.25) is 0 Å². The third kappa shape index (κ3) is 22.4. The van der Waals surface area contributed by atoms with E-state index in [1.807, 2.05) is 59.7 Å². The molecule has 1 heterocycles. The minimum absolute atomic E-state index is 0. The van der Waals surface area contributed by atoms with Gasteiger partial charge >= 0.3 is 0 Å². The van der Waals surface area contributed by atoms with Gasteiger partial charge in [0.1, 0.15) is 5.75 Å². The van der Waals surface area contributed by atoms with E-state index in [0.29, 0.717) is 0 Å². The van der Waals surface area contributed by atoms with Crippen LogP contribution in [0.1, 0.15) is 88.4 Å². The molecule has 0 saturated carbocycles. The average Bonchev–Trinajstić information content (AvgIpc) is 3.57. The first kappa shape index (κ1) is 48.0. The monoisotopic (exact) mass is 463 g/mol. The Labute approximate surface area is 212 Å². The molecule has 0 N–H and O–H groups in total. The Balaban J connectivity index is -0.0000000428. The molecule has 1 nitrogen and oxygen atoms in total. The fourth-order valence-corrected chi connectivity index (χ4v) is 2.64. The molecule has 0 radical (unpaired) electrons. The lowest BCUT2D eigenvalue weighted by atomic mass is 10.1. The number of aryl methyl sites for hydroxylation is 2. The average molecular weight is 464 g/mol. The molecular formula is C32H62O. The molecule has 0 spiro atoms. The van der Waals surface area contributed by atoms with Gasteiger partial charge < -0.3 is 4.74 Å². The van der Waals surface area contributed by atoms with Gasteiger partial charge in [0.15, 0.2) is 0 Å². The van der Waals surface area contributed by atoms with Gasteiger partial charge in [0, 0.05) is 7.85 Å². The van der Waals surface area contributed by atoms with E-state index in [2.05, 4.69) is 69.8 Å². The summed E-state index contributed by atoms with van der Waals surface area (Å²) in [6.45, 7) is 30.9. The van der Waals surface area contributed by atoms with Crippen molar-refractivity contribution in [1.29, 1.82) is 0 Å². The maximum absolute atomic E-state index is 5.30. The summed E-state index contributed by atoms with van der Waals surface area (Å²) in [5, 5.41) is 0.